The Morgan fingerprint density at radius 2 is 2.00 bits per heavy atom. The molecule has 0 aliphatic carbocycles. The zero-order valence-corrected chi connectivity index (χ0v) is 17.3. The lowest BCUT2D eigenvalue weighted by molar-refractivity contribution is 0.223. The van der Waals surface area contributed by atoms with E-state index in [0.29, 0.717) is 31.3 Å². The van der Waals surface area contributed by atoms with Crippen LogP contribution < -0.4 is 15.4 Å². The van der Waals surface area contributed by atoms with E-state index >= 15 is 0 Å². The summed E-state index contributed by atoms with van der Waals surface area (Å²) >= 11 is 0. The maximum absolute atomic E-state index is 13.3. The molecule has 0 spiro atoms. The van der Waals surface area contributed by atoms with Crippen LogP contribution in [0, 0.1) is 5.82 Å². The van der Waals surface area contributed by atoms with E-state index in [-0.39, 0.29) is 11.9 Å². The van der Waals surface area contributed by atoms with Crippen molar-refractivity contribution in [3.05, 3.63) is 78.1 Å². The number of guanidine groups is 1. The Kier molecular flexibility index (Phi) is 7.77. The molecule has 8 heteroatoms. The number of rotatable bonds is 9. The first kappa shape index (κ1) is 21.3. The van der Waals surface area contributed by atoms with Gasteiger partial charge < -0.3 is 15.4 Å². The molecule has 0 aliphatic rings. The Labute approximate surface area is 176 Å². The maximum atomic E-state index is 13.3. The number of hydrogen-bond acceptors (Lipinski definition) is 4. The number of ether oxygens (including phenoxy) is 1. The summed E-state index contributed by atoms with van der Waals surface area (Å²) in [7, 11) is 0. The molecule has 0 fully saturated rings. The lowest BCUT2D eigenvalue weighted by Gasteiger charge is -2.17. The summed E-state index contributed by atoms with van der Waals surface area (Å²) in [5.74, 6) is 0.901. The van der Waals surface area contributed by atoms with Crippen molar-refractivity contribution in [3.63, 3.8) is 0 Å². The number of nitrogens with one attached hydrogen (secondary N) is 2. The molecule has 0 saturated heterocycles. The van der Waals surface area contributed by atoms with E-state index in [2.05, 4.69) is 37.8 Å². The predicted molar refractivity (Wildman–Crippen MR) is 115 cm³/mol. The van der Waals surface area contributed by atoms with Gasteiger partial charge in [-0.25, -0.2) is 19.0 Å². The topological polar surface area (TPSA) is 76.4 Å². The lowest BCUT2D eigenvalue weighted by atomic mass is 10.1. The molecule has 30 heavy (non-hydrogen) atoms. The van der Waals surface area contributed by atoms with Crippen molar-refractivity contribution in [2.75, 3.05) is 13.1 Å². The summed E-state index contributed by atoms with van der Waals surface area (Å²) in [5, 5.41) is 10.6. The van der Waals surface area contributed by atoms with Crippen LogP contribution in [0.5, 0.6) is 5.75 Å². The fourth-order valence-corrected chi connectivity index (χ4v) is 2.89. The van der Waals surface area contributed by atoms with Crippen molar-refractivity contribution >= 4 is 5.96 Å². The zero-order chi connectivity index (χ0) is 21.2. The normalized spacial score (nSPS) is 12.4. The third-order valence-corrected chi connectivity index (χ3v) is 4.26. The van der Waals surface area contributed by atoms with Gasteiger partial charge in [-0.05, 0) is 37.1 Å². The van der Waals surface area contributed by atoms with Crippen LogP contribution in [0.2, 0.25) is 0 Å². The smallest absolute Gasteiger partial charge is 0.191 e. The summed E-state index contributed by atoms with van der Waals surface area (Å²) < 4.78 is 20.8. The van der Waals surface area contributed by atoms with Crippen LogP contribution in [0.1, 0.15) is 25.0 Å². The van der Waals surface area contributed by atoms with Gasteiger partial charge in [-0.1, -0.05) is 30.3 Å². The molecule has 1 aromatic heterocycles. The molecular weight excluding hydrogens is 383 g/mol. The van der Waals surface area contributed by atoms with E-state index in [1.54, 1.807) is 23.1 Å². The Bertz CT molecular complexity index is 944. The highest BCUT2D eigenvalue weighted by Gasteiger charge is 2.07. The van der Waals surface area contributed by atoms with Crippen LogP contribution in [0.3, 0.4) is 0 Å². The van der Waals surface area contributed by atoms with Crippen molar-refractivity contribution in [2.24, 2.45) is 4.99 Å². The molecule has 0 amide bonds. The van der Waals surface area contributed by atoms with Crippen molar-refractivity contribution in [1.29, 1.82) is 0 Å². The Morgan fingerprint density at radius 3 is 2.77 bits per heavy atom. The number of aromatic nitrogens is 3. The second-order valence-corrected chi connectivity index (χ2v) is 6.87. The van der Waals surface area contributed by atoms with Crippen LogP contribution in [0.25, 0.3) is 0 Å². The molecule has 1 atom stereocenters. The zero-order valence-electron chi connectivity index (χ0n) is 17.3. The van der Waals surface area contributed by atoms with Crippen LogP contribution in [-0.2, 0) is 13.1 Å². The van der Waals surface area contributed by atoms with Gasteiger partial charge >= 0.3 is 0 Å². The number of halogens is 1. The third-order valence-electron chi connectivity index (χ3n) is 4.26. The molecule has 0 radical (unpaired) electrons. The van der Waals surface area contributed by atoms with Gasteiger partial charge in [-0.3, -0.25) is 0 Å². The largest absolute Gasteiger partial charge is 0.489 e. The molecule has 0 saturated carbocycles. The van der Waals surface area contributed by atoms with Gasteiger partial charge in [0.1, 0.15) is 30.3 Å². The summed E-state index contributed by atoms with van der Waals surface area (Å²) in [6.07, 6.45) is 3.08. The molecular formula is C22H27FN6O. The SMILES string of the molecule is CCNC(=NCc1cccc(Cn2cncn2)c1)NCC(C)Oc1cccc(F)c1. The summed E-state index contributed by atoms with van der Waals surface area (Å²) in [4.78, 5) is 8.63. The second kappa shape index (κ2) is 10.9. The number of hydrogen-bond donors (Lipinski definition) is 2. The highest BCUT2D eigenvalue weighted by Crippen LogP contribution is 2.13. The van der Waals surface area contributed by atoms with Crippen molar-refractivity contribution < 1.29 is 9.13 Å². The van der Waals surface area contributed by atoms with E-state index in [4.69, 9.17) is 4.74 Å². The molecule has 3 rings (SSSR count). The van der Waals surface area contributed by atoms with E-state index in [1.807, 2.05) is 26.0 Å². The second-order valence-electron chi connectivity index (χ2n) is 6.87. The average molecular weight is 410 g/mol. The van der Waals surface area contributed by atoms with Crippen molar-refractivity contribution in [2.45, 2.75) is 33.0 Å². The average Bonchev–Trinajstić information content (AvgIpc) is 3.23. The van der Waals surface area contributed by atoms with Crippen LogP contribution in [0.4, 0.5) is 4.39 Å². The maximum Gasteiger partial charge on any atom is 0.191 e. The van der Waals surface area contributed by atoms with E-state index in [0.717, 1.165) is 17.7 Å². The standard InChI is InChI=1S/C22H27FN6O/c1-3-25-22(26-12-17(2)30-21-9-5-8-20(23)11-21)27-13-18-6-4-7-19(10-18)14-29-16-24-15-28-29/h4-11,15-17H,3,12-14H2,1-2H3,(H2,25,26,27). The Morgan fingerprint density at radius 1 is 1.17 bits per heavy atom. The van der Waals surface area contributed by atoms with E-state index in [9.17, 15) is 4.39 Å². The highest BCUT2D eigenvalue weighted by molar-refractivity contribution is 5.79. The van der Waals surface area contributed by atoms with E-state index in [1.165, 1.54) is 18.5 Å². The van der Waals surface area contributed by atoms with Gasteiger partial charge in [0.25, 0.3) is 0 Å². The fraction of sp³-hybridized carbons (Fsp3) is 0.318. The minimum atomic E-state index is -0.311. The number of aliphatic imine (C=N–C) groups is 1. The van der Waals surface area contributed by atoms with Gasteiger partial charge in [0.05, 0.1) is 19.6 Å². The first-order valence-corrected chi connectivity index (χ1v) is 9.97. The molecule has 1 heterocycles. The highest BCUT2D eigenvalue weighted by atomic mass is 19.1. The molecule has 2 aromatic carbocycles. The summed E-state index contributed by atoms with van der Waals surface area (Å²) in [6.45, 7) is 6.44. The van der Waals surface area contributed by atoms with Crippen LogP contribution >= 0.6 is 0 Å². The minimum absolute atomic E-state index is 0.151. The van der Waals surface area contributed by atoms with Gasteiger partial charge in [-0.2, -0.15) is 5.10 Å². The monoisotopic (exact) mass is 410 g/mol. The first-order chi connectivity index (χ1) is 14.6. The molecule has 7 nitrogen and oxygen atoms in total. The van der Waals surface area contributed by atoms with Gasteiger partial charge in [-0.15, -0.1) is 0 Å². The van der Waals surface area contributed by atoms with Crippen LogP contribution in [0.15, 0.2) is 66.2 Å². The molecule has 3 aromatic rings. The Balaban J connectivity index is 1.55. The number of benzene rings is 2. The van der Waals surface area contributed by atoms with Crippen molar-refractivity contribution in [3.8, 4) is 5.75 Å². The molecule has 1 unspecified atom stereocenters. The molecule has 0 aliphatic heterocycles. The molecule has 158 valence electrons. The first-order valence-electron chi connectivity index (χ1n) is 9.97. The predicted octanol–water partition coefficient (Wildman–Crippen LogP) is 2.99. The lowest BCUT2D eigenvalue weighted by Crippen LogP contribution is -2.41. The van der Waals surface area contributed by atoms with Gasteiger partial charge in [0.15, 0.2) is 5.96 Å². The molecule has 0 bridgehead atoms. The van der Waals surface area contributed by atoms with Crippen molar-refractivity contribution in [1.82, 2.24) is 25.4 Å². The van der Waals surface area contributed by atoms with Crippen LogP contribution in [-0.4, -0.2) is 39.9 Å². The Hall–Kier alpha value is -3.42. The van der Waals surface area contributed by atoms with Gasteiger partial charge in [0, 0.05) is 12.6 Å². The van der Waals surface area contributed by atoms with E-state index < -0.39 is 0 Å². The quantitative estimate of drug-likeness (QED) is 0.419. The third kappa shape index (κ3) is 6.88. The summed E-state index contributed by atoms with van der Waals surface area (Å²) in [5.41, 5.74) is 2.25. The van der Waals surface area contributed by atoms with Gasteiger partial charge in [0.2, 0.25) is 0 Å². The fourth-order valence-electron chi connectivity index (χ4n) is 2.89. The molecule has 2 N–H and O–H groups in total. The minimum Gasteiger partial charge on any atom is -0.489 e. The number of nitrogens with zero attached hydrogens (tertiary/aromatic N) is 4. The summed E-state index contributed by atoms with van der Waals surface area (Å²) in [6, 6.07) is 14.4.